The minimum absolute atomic E-state index is 0.167. The van der Waals surface area contributed by atoms with Crippen LogP contribution in [0.2, 0.25) is 0 Å². The third-order valence-corrected chi connectivity index (χ3v) is 5.47. The molecule has 9 heteroatoms. The largest absolute Gasteiger partial charge is 0.447 e. The maximum Gasteiger partial charge on any atom is 0.411 e. The molecule has 2 N–H and O–H groups in total. The van der Waals surface area contributed by atoms with Gasteiger partial charge in [-0.3, -0.25) is 10.1 Å². The van der Waals surface area contributed by atoms with Crippen molar-refractivity contribution in [2.24, 2.45) is 0 Å². The summed E-state index contributed by atoms with van der Waals surface area (Å²) in [5.41, 5.74) is 1.82. The van der Waals surface area contributed by atoms with Crippen molar-refractivity contribution in [2.45, 2.75) is 6.42 Å². The van der Waals surface area contributed by atoms with E-state index in [9.17, 15) is 9.59 Å². The lowest BCUT2D eigenvalue weighted by Gasteiger charge is -2.09. The maximum absolute atomic E-state index is 12.3. The summed E-state index contributed by atoms with van der Waals surface area (Å²) in [7, 11) is 1.53. The predicted molar refractivity (Wildman–Crippen MR) is 111 cm³/mol. The molecule has 0 unspecified atom stereocenters. The molecule has 2 aromatic heterocycles. The lowest BCUT2D eigenvalue weighted by Crippen LogP contribution is -2.17. The van der Waals surface area contributed by atoms with Crippen molar-refractivity contribution in [3.63, 3.8) is 0 Å². The molecule has 1 aromatic carbocycles. The van der Waals surface area contributed by atoms with Crippen molar-refractivity contribution < 1.29 is 19.1 Å². The first-order valence-corrected chi connectivity index (χ1v) is 10.2. The van der Waals surface area contributed by atoms with Gasteiger partial charge in [-0.25, -0.2) is 9.78 Å². The molecule has 0 aliphatic carbocycles. The van der Waals surface area contributed by atoms with Gasteiger partial charge in [-0.1, -0.05) is 12.1 Å². The zero-order chi connectivity index (χ0) is 19.8. The second-order valence-electron chi connectivity index (χ2n) is 5.68. The van der Waals surface area contributed by atoms with Crippen molar-refractivity contribution in [3.05, 3.63) is 52.9 Å². The number of methoxy groups -OCH3 is 1. The van der Waals surface area contributed by atoms with Crippen molar-refractivity contribution in [2.75, 3.05) is 31.0 Å². The SMILES string of the molecule is COCCOC(=O)Nc1cccc(NC(=O)Cc2csc(-c3cccs3)n2)c1. The Morgan fingerprint density at radius 1 is 1.07 bits per heavy atom. The fraction of sp³-hybridized carbons (Fsp3) is 0.211. The number of ether oxygens (including phenoxy) is 2. The molecule has 0 spiro atoms. The first kappa shape index (κ1) is 20.0. The van der Waals surface area contributed by atoms with Crippen LogP contribution in [0.15, 0.2) is 47.2 Å². The van der Waals surface area contributed by atoms with Crippen LogP contribution >= 0.6 is 22.7 Å². The molecule has 0 radical (unpaired) electrons. The average Bonchev–Trinajstić information content (AvgIpc) is 3.33. The number of amides is 2. The number of nitrogens with one attached hydrogen (secondary N) is 2. The van der Waals surface area contributed by atoms with Crippen LogP contribution in [0, 0.1) is 0 Å². The van der Waals surface area contributed by atoms with Gasteiger partial charge in [-0.2, -0.15) is 0 Å². The van der Waals surface area contributed by atoms with E-state index in [2.05, 4.69) is 15.6 Å². The quantitative estimate of drug-likeness (QED) is 0.535. The van der Waals surface area contributed by atoms with Crippen LogP contribution in [-0.4, -0.2) is 37.3 Å². The maximum atomic E-state index is 12.3. The highest BCUT2D eigenvalue weighted by Crippen LogP contribution is 2.28. The number of hydrogen-bond donors (Lipinski definition) is 2. The Morgan fingerprint density at radius 2 is 1.89 bits per heavy atom. The highest BCUT2D eigenvalue weighted by molar-refractivity contribution is 7.20. The van der Waals surface area contributed by atoms with Gasteiger partial charge < -0.3 is 14.8 Å². The van der Waals surface area contributed by atoms with E-state index >= 15 is 0 Å². The average molecular weight is 418 g/mol. The Labute approximate surface area is 170 Å². The monoisotopic (exact) mass is 417 g/mol. The van der Waals surface area contributed by atoms with E-state index in [1.807, 2.05) is 22.9 Å². The van der Waals surface area contributed by atoms with Crippen LogP contribution in [-0.2, 0) is 20.7 Å². The normalized spacial score (nSPS) is 10.5. The number of hydrogen-bond acceptors (Lipinski definition) is 7. The van der Waals surface area contributed by atoms with Crippen molar-refractivity contribution in [1.82, 2.24) is 4.98 Å². The standard InChI is InChI=1S/C19H19N3O4S2/c1-25-7-8-26-19(24)22-14-5-2-4-13(10-14)20-17(23)11-15-12-28-18(21-15)16-6-3-9-27-16/h2-6,9-10,12H,7-8,11H2,1H3,(H,20,23)(H,22,24). The van der Waals surface area contributed by atoms with Gasteiger partial charge in [0.1, 0.15) is 11.6 Å². The number of nitrogens with zero attached hydrogens (tertiary/aromatic N) is 1. The zero-order valence-electron chi connectivity index (χ0n) is 15.1. The fourth-order valence-corrected chi connectivity index (χ4v) is 3.95. The highest BCUT2D eigenvalue weighted by Gasteiger charge is 2.11. The van der Waals surface area contributed by atoms with Crippen LogP contribution in [0.5, 0.6) is 0 Å². The summed E-state index contributed by atoms with van der Waals surface area (Å²) in [4.78, 5) is 29.6. The Hall–Kier alpha value is -2.75. The van der Waals surface area contributed by atoms with Gasteiger partial charge in [0, 0.05) is 23.9 Å². The van der Waals surface area contributed by atoms with E-state index in [1.54, 1.807) is 35.6 Å². The molecule has 2 heterocycles. The molecular formula is C19H19N3O4S2. The van der Waals surface area contributed by atoms with E-state index in [4.69, 9.17) is 9.47 Å². The van der Waals surface area contributed by atoms with Crippen LogP contribution in [0.1, 0.15) is 5.69 Å². The minimum atomic E-state index is -0.580. The summed E-state index contributed by atoms with van der Waals surface area (Å²) in [5, 5.41) is 10.2. The second-order valence-corrected chi connectivity index (χ2v) is 7.49. The number of anilines is 2. The number of aromatic nitrogens is 1. The van der Waals surface area contributed by atoms with Crippen molar-refractivity contribution in [3.8, 4) is 9.88 Å². The molecule has 0 bridgehead atoms. The topological polar surface area (TPSA) is 89.5 Å². The molecule has 3 aromatic rings. The molecular weight excluding hydrogens is 398 g/mol. The van der Waals surface area contributed by atoms with Gasteiger partial charge in [0.15, 0.2) is 0 Å². The van der Waals surface area contributed by atoms with E-state index in [-0.39, 0.29) is 18.9 Å². The van der Waals surface area contributed by atoms with Gasteiger partial charge in [-0.15, -0.1) is 22.7 Å². The third kappa shape index (κ3) is 5.88. The Balaban J connectivity index is 1.53. The van der Waals surface area contributed by atoms with Crippen LogP contribution < -0.4 is 10.6 Å². The smallest absolute Gasteiger partial charge is 0.411 e. The molecule has 7 nitrogen and oxygen atoms in total. The zero-order valence-corrected chi connectivity index (χ0v) is 16.8. The molecule has 0 atom stereocenters. The molecule has 28 heavy (non-hydrogen) atoms. The van der Waals surface area contributed by atoms with E-state index in [0.29, 0.717) is 18.0 Å². The van der Waals surface area contributed by atoms with E-state index in [0.717, 1.165) is 15.6 Å². The number of rotatable bonds is 8. The van der Waals surface area contributed by atoms with Gasteiger partial charge in [0.25, 0.3) is 0 Å². The van der Waals surface area contributed by atoms with Crippen molar-refractivity contribution >= 4 is 46.0 Å². The first-order chi connectivity index (χ1) is 13.6. The molecule has 2 amide bonds. The molecule has 146 valence electrons. The third-order valence-electron chi connectivity index (χ3n) is 3.54. The summed E-state index contributed by atoms with van der Waals surface area (Å²) in [5.74, 6) is -0.178. The summed E-state index contributed by atoms with van der Waals surface area (Å²) < 4.78 is 9.77. The summed E-state index contributed by atoms with van der Waals surface area (Å²) >= 11 is 3.14. The molecule has 3 rings (SSSR count). The van der Waals surface area contributed by atoms with Gasteiger partial charge in [0.05, 0.1) is 23.6 Å². The second kappa shape index (κ2) is 9.98. The van der Waals surface area contributed by atoms with Gasteiger partial charge in [-0.05, 0) is 29.6 Å². The number of thiophene rings is 1. The number of carbonyl (C=O) groups is 2. The van der Waals surface area contributed by atoms with Crippen molar-refractivity contribution in [1.29, 1.82) is 0 Å². The Bertz CT molecular complexity index is 925. The number of carbonyl (C=O) groups excluding carboxylic acids is 2. The van der Waals surface area contributed by atoms with Crippen LogP contribution in [0.25, 0.3) is 9.88 Å². The lowest BCUT2D eigenvalue weighted by atomic mass is 10.2. The molecule has 0 saturated heterocycles. The van der Waals surface area contributed by atoms with Gasteiger partial charge >= 0.3 is 6.09 Å². The van der Waals surface area contributed by atoms with E-state index in [1.165, 1.54) is 18.4 Å². The summed E-state index contributed by atoms with van der Waals surface area (Å²) in [6.07, 6.45) is -0.400. The predicted octanol–water partition coefficient (Wildman–Crippen LogP) is 4.25. The number of thiazole rings is 1. The summed E-state index contributed by atoms with van der Waals surface area (Å²) in [6.45, 7) is 0.494. The van der Waals surface area contributed by atoms with Crippen LogP contribution in [0.4, 0.5) is 16.2 Å². The lowest BCUT2D eigenvalue weighted by molar-refractivity contribution is -0.115. The highest BCUT2D eigenvalue weighted by atomic mass is 32.1. The molecule has 0 aliphatic heterocycles. The molecule has 0 aliphatic rings. The van der Waals surface area contributed by atoms with Crippen LogP contribution in [0.3, 0.4) is 0 Å². The Morgan fingerprint density at radius 3 is 2.64 bits per heavy atom. The fourth-order valence-electron chi connectivity index (χ4n) is 2.32. The molecule has 0 fully saturated rings. The van der Waals surface area contributed by atoms with E-state index < -0.39 is 6.09 Å². The Kier molecular flexibility index (Phi) is 7.12. The summed E-state index contributed by atoms with van der Waals surface area (Å²) in [6, 6.07) is 10.8. The number of benzene rings is 1. The first-order valence-electron chi connectivity index (χ1n) is 8.45. The molecule has 0 saturated carbocycles. The van der Waals surface area contributed by atoms with Gasteiger partial charge in [0.2, 0.25) is 5.91 Å². The minimum Gasteiger partial charge on any atom is -0.447 e.